The molecule has 1 rings (SSSR count). The van der Waals surface area contributed by atoms with Gasteiger partial charge in [0, 0.05) is 0 Å². The van der Waals surface area contributed by atoms with Crippen LogP contribution >= 0.6 is 0 Å². The zero-order valence-electron chi connectivity index (χ0n) is 12.3. The lowest BCUT2D eigenvalue weighted by atomic mass is 10.1. The van der Waals surface area contributed by atoms with Gasteiger partial charge in [-0.2, -0.15) is 0 Å². The summed E-state index contributed by atoms with van der Waals surface area (Å²) in [4.78, 5) is 0. The average Bonchev–Trinajstić information content (AvgIpc) is 2.38. The zero-order chi connectivity index (χ0) is 14.5. The molecule has 4 N–H and O–H groups in total. The highest BCUT2D eigenvalue weighted by atomic mass is 16.5. The van der Waals surface area contributed by atoms with Gasteiger partial charge in [0.1, 0.15) is 30.5 Å². The van der Waals surface area contributed by atoms with Crippen molar-refractivity contribution in [1.29, 1.82) is 0 Å². The van der Waals surface area contributed by atoms with Crippen LogP contribution in [0.5, 0.6) is 5.75 Å². The van der Waals surface area contributed by atoms with Gasteiger partial charge in [-0.25, -0.2) is 0 Å². The fraction of sp³-hybridized carbons (Fsp3) is 0.600. The Bertz CT molecular complexity index is 404. The maximum absolute atomic E-state index is 9.89. The first kappa shape index (κ1) is 16.0. The summed E-state index contributed by atoms with van der Waals surface area (Å²) in [5, 5.41) is 21.0. The van der Waals surface area contributed by atoms with Gasteiger partial charge in [0.05, 0.1) is 6.61 Å². The summed E-state index contributed by atoms with van der Waals surface area (Å²) in [5.74, 6) is 0.820. The number of ether oxygens (including phenoxy) is 1. The molecule has 0 heterocycles. The minimum absolute atomic E-state index is 0.0809. The SMILES string of the molecule is Cc1cccc(OC[C@H](O)C[NH2+]C(C)(C)CO)c1C. The first-order valence-corrected chi connectivity index (χ1v) is 6.68. The predicted molar refractivity (Wildman–Crippen MR) is 75.4 cm³/mol. The number of quaternary nitrogens is 1. The molecule has 0 unspecified atom stereocenters. The summed E-state index contributed by atoms with van der Waals surface area (Å²) < 4.78 is 5.65. The molecule has 19 heavy (non-hydrogen) atoms. The third-order valence-electron chi connectivity index (χ3n) is 3.34. The highest BCUT2D eigenvalue weighted by Crippen LogP contribution is 2.20. The molecule has 4 heteroatoms. The first-order chi connectivity index (χ1) is 8.85. The molecule has 0 radical (unpaired) electrons. The molecule has 0 aliphatic rings. The molecule has 4 nitrogen and oxygen atoms in total. The van der Waals surface area contributed by atoms with E-state index in [1.54, 1.807) is 0 Å². The summed E-state index contributed by atoms with van der Waals surface area (Å²) in [6.45, 7) is 8.78. The van der Waals surface area contributed by atoms with E-state index in [9.17, 15) is 5.11 Å². The molecule has 0 saturated heterocycles. The van der Waals surface area contributed by atoms with Gasteiger partial charge < -0.3 is 20.3 Å². The summed E-state index contributed by atoms with van der Waals surface area (Å²) in [6.07, 6.45) is -0.550. The van der Waals surface area contributed by atoms with Crippen molar-refractivity contribution >= 4 is 0 Å². The molecule has 0 spiro atoms. The summed E-state index contributed by atoms with van der Waals surface area (Å²) >= 11 is 0. The maximum Gasteiger partial charge on any atom is 0.137 e. The molecule has 0 aliphatic carbocycles. The first-order valence-electron chi connectivity index (χ1n) is 6.68. The second-order valence-corrected chi connectivity index (χ2v) is 5.75. The van der Waals surface area contributed by atoms with E-state index in [2.05, 4.69) is 0 Å². The van der Waals surface area contributed by atoms with E-state index >= 15 is 0 Å². The van der Waals surface area contributed by atoms with Crippen molar-refractivity contribution in [3.05, 3.63) is 29.3 Å². The van der Waals surface area contributed by atoms with E-state index in [1.165, 1.54) is 5.56 Å². The Kier molecular flexibility index (Phi) is 5.79. The van der Waals surface area contributed by atoms with Crippen LogP contribution < -0.4 is 10.1 Å². The van der Waals surface area contributed by atoms with Crippen LogP contribution in [0, 0.1) is 13.8 Å². The summed E-state index contributed by atoms with van der Waals surface area (Å²) in [5.41, 5.74) is 2.02. The predicted octanol–water partition coefficient (Wildman–Crippen LogP) is 0.377. The molecule has 1 atom stereocenters. The Hall–Kier alpha value is -1.10. The molecule has 0 bridgehead atoms. The molecule has 1 aromatic carbocycles. The maximum atomic E-state index is 9.89. The number of hydrogen-bond acceptors (Lipinski definition) is 3. The fourth-order valence-corrected chi connectivity index (χ4v) is 1.65. The molecule has 108 valence electrons. The average molecular weight is 268 g/mol. The van der Waals surface area contributed by atoms with Crippen molar-refractivity contribution in [2.75, 3.05) is 19.8 Å². The summed E-state index contributed by atoms with van der Waals surface area (Å²) in [6, 6.07) is 5.90. The molecule has 0 fully saturated rings. The number of aryl methyl sites for hydroxylation is 1. The van der Waals surface area contributed by atoms with Crippen LogP contribution in [0.15, 0.2) is 18.2 Å². The molecule has 0 amide bonds. The second-order valence-electron chi connectivity index (χ2n) is 5.75. The largest absolute Gasteiger partial charge is 0.490 e. The van der Waals surface area contributed by atoms with Crippen molar-refractivity contribution in [3.8, 4) is 5.75 Å². The van der Waals surface area contributed by atoms with E-state index in [0.29, 0.717) is 6.54 Å². The molecule has 1 aromatic rings. The van der Waals surface area contributed by atoms with E-state index in [-0.39, 0.29) is 18.8 Å². The Morgan fingerprint density at radius 3 is 2.63 bits per heavy atom. The highest BCUT2D eigenvalue weighted by molar-refractivity contribution is 5.38. The molecule has 0 saturated carbocycles. The van der Waals surface area contributed by atoms with E-state index in [4.69, 9.17) is 9.84 Å². The van der Waals surface area contributed by atoms with Crippen molar-refractivity contribution in [3.63, 3.8) is 0 Å². The van der Waals surface area contributed by atoms with Crippen molar-refractivity contribution in [2.45, 2.75) is 39.3 Å². The number of rotatable bonds is 7. The van der Waals surface area contributed by atoms with Crippen LogP contribution in [-0.4, -0.2) is 41.6 Å². The van der Waals surface area contributed by atoms with E-state index in [0.717, 1.165) is 11.3 Å². The van der Waals surface area contributed by atoms with Crippen LogP contribution in [0.3, 0.4) is 0 Å². The smallest absolute Gasteiger partial charge is 0.137 e. The van der Waals surface area contributed by atoms with Crippen molar-refractivity contribution in [2.24, 2.45) is 0 Å². The van der Waals surface area contributed by atoms with E-state index in [1.807, 2.05) is 51.2 Å². The van der Waals surface area contributed by atoms with Crippen LogP contribution in [0.2, 0.25) is 0 Å². The van der Waals surface area contributed by atoms with Gasteiger partial charge in [-0.15, -0.1) is 0 Å². The van der Waals surface area contributed by atoms with Crippen LogP contribution in [-0.2, 0) is 0 Å². The number of benzene rings is 1. The molecule has 0 aromatic heterocycles. The summed E-state index contributed by atoms with van der Waals surface area (Å²) in [7, 11) is 0. The molecule has 0 aliphatic heterocycles. The number of aliphatic hydroxyl groups is 2. The Morgan fingerprint density at radius 1 is 1.32 bits per heavy atom. The monoisotopic (exact) mass is 268 g/mol. The number of hydrogen-bond donors (Lipinski definition) is 3. The van der Waals surface area contributed by atoms with Crippen molar-refractivity contribution in [1.82, 2.24) is 0 Å². The van der Waals surface area contributed by atoms with Crippen LogP contribution in [0.4, 0.5) is 0 Å². The zero-order valence-corrected chi connectivity index (χ0v) is 12.3. The Morgan fingerprint density at radius 2 is 2.00 bits per heavy atom. The van der Waals surface area contributed by atoms with Gasteiger partial charge in [-0.1, -0.05) is 12.1 Å². The van der Waals surface area contributed by atoms with Crippen LogP contribution in [0.1, 0.15) is 25.0 Å². The number of nitrogens with two attached hydrogens (primary N) is 1. The lowest BCUT2D eigenvalue weighted by Crippen LogP contribution is -2.97. The van der Waals surface area contributed by atoms with Crippen molar-refractivity contribution < 1.29 is 20.3 Å². The number of aliphatic hydroxyl groups excluding tert-OH is 2. The normalized spacial score (nSPS) is 13.4. The van der Waals surface area contributed by atoms with Gasteiger partial charge in [0.15, 0.2) is 0 Å². The second kappa shape index (κ2) is 6.89. The third-order valence-corrected chi connectivity index (χ3v) is 3.34. The lowest BCUT2D eigenvalue weighted by Gasteiger charge is -2.22. The van der Waals surface area contributed by atoms with Gasteiger partial charge >= 0.3 is 0 Å². The van der Waals surface area contributed by atoms with Gasteiger partial charge in [-0.3, -0.25) is 0 Å². The van der Waals surface area contributed by atoms with Crippen LogP contribution in [0.25, 0.3) is 0 Å². The minimum atomic E-state index is -0.550. The fourth-order valence-electron chi connectivity index (χ4n) is 1.65. The van der Waals surface area contributed by atoms with Gasteiger partial charge in [-0.05, 0) is 44.9 Å². The van der Waals surface area contributed by atoms with Gasteiger partial charge in [0.2, 0.25) is 0 Å². The standard InChI is InChI=1S/C15H25NO3/c1-11-6-5-7-14(12(11)2)19-9-13(18)8-16-15(3,4)10-17/h5-7,13,16-18H,8-10H2,1-4H3/p+1/t13-/m1/s1. The minimum Gasteiger partial charge on any atom is -0.490 e. The van der Waals surface area contributed by atoms with Gasteiger partial charge in [0.25, 0.3) is 0 Å². The Balaban J connectivity index is 2.42. The Labute approximate surface area is 115 Å². The molecular weight excluding hydrogens is 242 g/mol. The third kappa shape index (κ3) is 5.19. The van der Waals surface area contributed by atoms with E-state index < -0.39 is 6.10 Å². The lowest BCUT2D eigenvalue weighted by molar-refractivity contribution is -0.727. The molecular formula is C15H26NO3+. The topological polar surface area (TPSA) is 66.3 Å². The quantitative estimate of drug-likeness (QED) is 0.670. The highest BCUT2D eigenvalue weighted by Gasteiger charge is 2.21.